The monoisotopic (exact) mass is 306 g/mol. The second-order valence-electron chi connectivity index (χ2n) is 5.00. The molecule has 1 aromatic heterocycles. The van der Waals surface area contributed by atoms with Gasteiger partial charge >= 0.3 is 0 Å². The van der Waals surface area contributed by atoms with E-state index in [4.69, 9.17) is 0 Å². The van der Waals surface area contributed by atoms with Gasteiger partial charge in [0.1, 0.15) is 10.8 Å². The highest BCUT2D eigenvalue weighted by atomic mass is 32.1. The topological polar surface area (TPSA) is 42.0 Å². The Morgan fingerprint density at radius 1 is 1.43 bits per heavy atom. The number of amides is 1. The molecule has 3 nitrogen and oxygen atoms in total. The molecule has 21 heavy (non-hydrogen) atoms. The number of carbonyl (C=O) groups is 1. The smallest absolute Gasteiger partial charge is 0.220 e. The van der Waals surface area contributed by atoms with Crippen LogP contribution in [0.25, 0.3) is 10.6 Å². The SMILES string of the molecule is CCC(C)NC(=O)CCc1csc(-c2ccccc2F)n1. The Bertz CT molecular complexity index is 612. The number of rotatable bonds is 6. The number of nitrogens with zero attached hydrogens (tertiary/aromatic N) is 1. The van der Waals surface area contributed by atoms with Crippen LogP contribution in [-0.2, 0) is 11.2 Å². The van der Waals surface area contributed by atoms with Crippen LogP contribution in [0.4, 0.5) is 4.39 Å². The summed E-state index contributed by atoms with van der Waals surface area (Å²) < 4.78 is 13.7. The van der Waals surface area contributed by atoms with E-state index in [9.17, 15) is 9.18 Å². The van der Waals surface area contributed by atoms with Gasteiger partial charge in [-0.1, -0.05) is 19.1 Å². The summed E-state index contributed by atoms with van der Waals surface area (Å²) in [7, 11) is 0. The zero-order valence-corrected chi connectivity index (χ0v) is 13.0. The largest absolute Gasteiger partial charge is 0.354 e. The third-order valence-electron chi connectivity index (χ3n) is 3.28. The number of hydrogen-bond acceptors (Lipinski definition) is 3. The van der Waals surface area contributed by atoms with Gasteiger partial charge in [0.05, 0.1) is 5.69 Å². The van der Waals surface area contributed by atoms with Crippen LogP contribution in [0.2, 0.25) is 0 Å². The Morgan fingerprint density at radius 2 is 2.19 bits per heavy atom. The fourth-order valence-electron chi connectivity index (χ4n) is 1.87. The summed E-state index contributed by atoms with van der Waals surface area (Å²) in [4.78, 5) is 16.1. The van der Waals surface area contributed by atoms with Gasteiger partial charge in [-0.15, -0.1) is 11.3 Å². The number of carbonyl (C=O) groups excluding carboxylic acids is 1. The first-order chi connectivity index (χ1) is 10.1. The summed E-state index contributed by atoms with van der Waals surface area (Å²) in [6, 6.07) is 6.79. The molecular formula is C16H19FN2OS. The van der Waals surface area contributed by atoms with Crippen LogP contribution in [-0.4, -0.2) is 16.9 Å². The minimum Gasteiger partial charge on any atom is -0.354 e. The molecule has 1 N–H and O–H groups in total. The Hall–Kier alpha value is -1.75. The number of thiazole rings is 1. The van der Waals surface area contributed by atoms with Gasteiger partial charge in [0.2, 0.25) is 5.91 Å². The van der Waals surface area contributed by atoms with Crippen LogP contribution in [0.1, 0.15) is 32.4 Å². The number of nitrogens with one attached hydrogen (secondary N) is 1. The van der Waals surface area contributed by atoms with Gasteiger partial charge in [-0.3, -0.25) is 4.79 Å². The lowest BCUT2D eigenvalue weighted by Crippen LogP contribution is -2.32. The fraction of sp³-hybridized carbons (Fsp3) is 0.375. The first kappa shape index (κ1) is 15.6. The van der Waals surface area contributed by atoms with E-state index in [0.717, 1.165) is 12.1 Å². The van der Waals surface area contributed by atoms with Gasteiger partial charge in [0.15, 0.2) is 0 Å². The summed E-state index contributed by atoms with van der Waals surface area (Å²) in [6.45, 7) is 4.02. The lowest BCUT2D eigenvalue weighted by Gasteiger charge is -2.10. The molecule has 0 aliphatic heterocycles. The van der Waals surface area contributed by atoms with Crippen molar-refractivity contribution in [3.8, 4) is 10.6 Å². The maximum Gasteiger partial charge on any atom is 0.220 e. The molecule has 1 unspecified atom stereocenters. The van der Waals surface area contributed by atoms with Gasteiger partial charge in [-0.05, 0) is 31.9 Å². The second-order valence-corrected chi connectivity index (χ2v) is 5.86. The van der Waals surface area contributed by atoms with Crippen molar-refractivity contribution in [2.24, 2.45) is 0 Å². The van der Waals surface area contributed by atoms with Crippen molar-refractivity contribution in [3.63, 3.8) is 0 Å². The van der Waals surface area contributed by atoms with Gasteiger partial charge in [-0.25, -0.2) is 9.37 Å². The van der Waals surface area contributed by atoms with E-state index in [1.165, 1.54) is 17.4 Å². The first-order valence-electron chi connectivity index (χ1n) is 7.08. The van der Waals surface area contributed by atoms with E-state index in [-0.39, 0.29) is 17.8 Å². The van der Waals surface area contributed by atoms with E-state index in [2.05, 4.69) is 10.3 Å². The molecule has 1 atom stereocenters. The highest BCUT2D eigenvalue weighted by Crippen LogP contribution is 2.26. The maximum absolute atomic E-state index is 13.7. The van der Waals surface area contributed by atoms with E-state index in [1.807, 2.05) is 19.2 Å². The van der Waals surface area contributed by atoms with Crippen LogP contribution < -0.4 is 5.32 Å². The molecule has 0 bridgehead atoms. The Kier molecular flexibility index (Phi) is 5.44. The Morgan fingerprint density at radius 3 is 2.90 bits per heavy atom. The summed E-state index contributed by atoms with van der Waals surface area (Å²) in [5.41, 5.74) is 1.34. The summed E-state index contributed by atoms with van der Waals surface area (Å²) in [5, 5.41) is 5.47. The molecule has 2 aromatic rings. The van der Waals surface area contributed by atoms with Crippen LogP contribution in [0.3, 0.4) is 0 Å². The summed E-state index contributed by atoms with van der Waals surface area (Å²) in [6.07, 6.45) is 1.90. The van der Waals surface area contributed by atoms with Crippen LogP contribution in [0, 0.1) is 5.82 Å². The summed E-state index contributed by atoms with van der Waals surface area (Å²) in [5.74, 6) is -0.238. The van der Waals surface area contributed by atoms with E-state index < -0.39 is 0 Å². The third kappa shape index (κ3) is 4.36. The van der Waals surface area contributed by atoms with Gasteiger partial charge < -0.3 is 5.32 Å². The van der Waals surface area contributed by atoms with E-state index in [1.54, 1.807) is 18.2 Å². The standard InChI is InChI=1S/C16H19FN2OS/c1-3-11(2)18-15(20)9-8-12-10-21-16(19-12)13-6-4-5-7-14(13)17/h4-7,10-11H,3,8-9H2,1-2H3,(H,18,20). The number of aryl methyl sites for hydroxylation is 1. The third-order valence-corrected chi connectivity index (χ3v) is 4.21. The second kappa shape index (κ2) is 7.31. The number of aromatic nitrogens is 1. The number of hydrogen-bond donors (Lipinski definition) is 1. The van der Waals surface area contributed by atoms with Gasteiger partial charge in [-0.2, -0.15) is 0 Å². The van der Waals surface area contributed by atoms with Crippen molar-refractivity contribution < 1.29 is 9.18 Å². The molecule has 1 heterocycles. The predicted octanol–water partition coefficient (Wildman–Crippen LogP) is 3.80. The normalized spacial score (nSPS) is 12.1. The minimum absolute atomic E-state index is 0.0322. The van der Waals surface area contributed by atoms with Crippen molar-refractivity contribution in [1.29, 1.82) is 0 Å². The van der Waals surface area contributed by atoms with Crippen molar-refractivity contribution in [3.05, 3.63) is 41.2 Å². The molecule has 0 aliphatic rings. The van der Waals surface area contributed by atoms with E-state index in [0.29, 0.717) is 23.4 Å². The zero-order chi connectivity index (χ0) is 15.2. The number of halogens is 1. The highest BCUT2D eigenvalue weighted by molar-refractivity contribution is 7.13. The maximum atomic E-state index is 13.7. The van der Waals surface area contributed by atoms with Crippen LogP contribution in [0.15, 0.2) is 29.6 Å². The average Bonchev–Trinajstić information content (AvgIpc) is 2.94. The Balaban J connectivity index is 1.95. The van der Waals surface area contributed by atoms with Crippen LogP contribution >= 0.6 is 11.3 Å². The molecule has 2 rings (SSSR count). The van der Waals surface area contributed by atoms with Crippen LogP contribution in [0.5, 0.6) is 0 Å². The number of benzene rings is 1. The predicted molar refractivity (Wildman–Crippen MR) is 83.7 cm³/mol. The molecule has 1 aromatic carbocycles. The Labute approximate surface area is 128 Å². The molecule has 1 amide bonds. The minimum atomic E-state index is -0.270. The first-order valence-corrected chi connectivity index (χ1v) is 7.96. The molecule has 0 fully saturated rings. The van der Waals surface area contributed by atoms with Crippen molar-refractivity contribution in [1.82, 2.24) is 10.3 Å². The molecule has 112 valence electrons. The summed E-state index contributed by atoms with van der Waals surface area (Å²) >= 11 is 1.40. The molecular weight excluding hydrogens is 287 g/mol. The zero-order valence-electron chi connectivity index (χ0n) is 12.2. The van der Waals surface area contributed by atoms with E-state index >= 15 is 0 Å². The molecule has 0 radical (unpaired) electrons. The van der Waals surface area contributed by atoms with Gasteiger partial charge in [0, 0.05) is 23.4 Å². The fourth-order valence-corrected chi connectivity index (χ4v) is 2.75. The highest BCUT2D eigenvalue weighted by Gasteiger charge is 2.11. The van der Waals surface area contributed by atoms with Crippen molar-refractivity contribution in [2.45, 2.75) is 39.2 Å². The lowest BCUT2D eigenvalue weighted by molar-refractivity contribution is -0.121. The lowest BCUT2D eigenvalue weighted by atomic mass is 10.2. The molecule has 5 heteroatoms. The quantitative estimate of drug-likeness (QED) is 0.882. The average molecular weight is 306 g/mol. The van der Waals surface area contributed by atoms with Crippen molar-refractivity contribution in [2.75, 3.05) is 0 Å². The molecule has 0 saturated heterocycles. The van der Waals surface area contributed by atoms with Gasteiger partial charge in [0.25, 0.3) is 0 Å². The molecule has 0 spiro atoms. The van der Waals surface area contributed by atoms with Crippen molar-refractivity contribution >= 4 is 17.2 Å². The molecule has 0 saturated carbocycles. The molecule has 0 aliphatic carbocycles.